The number of hydrogen-bond donors (Lipinski definition) is 1. The van der Waals surface area contributed by atoms with Crippen LogP contribution in [0.2, 0.25) is 0 Å². The standard InChI is InChI=1S/C18H11N5O2/c1-2-6-12-11(5-1)19-17(20-12)23-18-21-15(13-7-3-9-24-13)16(22-18)14-8-4-10-25-14/h1-10H,(H,21,22). The zero-order valence-corrected chi connectivity index (χ0v) is 12.9. The molecule has 0 radical (unpaired) electrons. The molecule has 1 aliphatic heterocycles. The van der Waals surface area contributed by atoms with Crippen LogP contribution in [0, 0.1) is 0 Å². The van der Waals surface area contributed by atoms with Crippen LogP contribution in [-0.4, -0.2) is 15.9 Å². The van der Waals surface area contributed by atoms with E-state index in [-0.39, 0.29) is 0 Å². The van der Waals surface area contributed by atoms with E-state index in [9.17, 15) is 0 Å². The molecule has 0 amide bonds. The van der Waals surface area contributed by atoms with Crippen molar-refractivity contribution in [1.82, 2.24) is 9.97 Å². The summed E-state index contributed by atoms with van der Waals surface area (Å²) in [5, 5.41) is 1.59. The zero-order chi connectivity index (χ0) is 16.6. The molecule has 7 heteroatoms. The predicted octanol–water partition coefficient (Wildman–Crippen LogP) is 2.87. The zero-order valence-electron chi connectivity index (χ0n) is 12.9. The molecule has 0 unspecified atom stereocenters. The molecule has 3 aromatic heterocycles. The van der Waals surface area contributed by atoms with Crippen LogP contribution in [0.25, 0.3) is 22.9 Å². The van der Waals surface area contributed by atoms with Crippen molar-refractivity contribution in [3.63, 3.8) is 0 Å². The van der Waals surface area contributed by atoms with Crippen LogP contribution >= 0.6 is 0 Å². The van der Waals surface area contributed by atoms with Gasteiger partial charge < -0.3 is 13.8 Å². The van der Waals surface area contributed by atoms with Gasteiger partial charge in [-0.25, -0.2) is 15.0 Å². The van der Waals surface area contributed by atoms with Crippen LogP contribution in [0.1, 0.15) is 0 Å². The largest absolute Gasteiger partial charge is 0.463 e. The highest BCUT2D eigenvalue weighted by molar-refractivity contribution is 5.85. The fourth-order valence-corrected chi connectivity index (χ4v) is 2.64. The quantitative estimate of drug-likeness (QED) is 0.626. The van der Waals surface area contributed by atoms with E-state index in [1.54, 1.807) is 18.6 Å². The van der Waals surface area contributed by atoms with Gasteiger partial charge in [0.1, 0.15) is 11.4 Å². The van der Waals surface area contributed by atoms with Crippen molar-refractivity contribution in [2.24, 2.45) is 15.0 Å². The molecular formula is C18H11N5O2. The van der Waals surface area contributed by atoms with E-state index in [4.69, 9.17) is 8.83 Å². The number of H-pyrrole nitrogens is 1. The van der Waals surface area contributed by atoms with Crippen molar-refractivity contribution in [2.75, 3.05) is 0 Å². The van der Waals surface area contributed by atoms with E-state index in [1.165, 1.54) is 0 Å². The SMILES string of the molecule is c1coc(-c2nc(N=C3N=c4ccccc4=N3)[nH]c2-c2ccco2)c1. The van der Waals surface area contributed by atoms with Crippen molar-refractivity contribution in [2.45, 2.75) is 0 Å². The Kier molecular flexibility index (Phi) is 2.96. The number of aromatic amines is 1. The van der Waals surface area contributed by atoms with Gasteiger partial charge in [-0.05, 0) is 36.4 Å². The highest BCUT2D eigenvalue weighted by atomic mass is 16.3. The topological polar surface area (TPSA) is 92.0 Å². The molecule has 0 atom stereocenters. The first-order valence-corrected chi connectivity index (χ1v) is 7.66. The van der Waals surface area contributed by atoms with Crippen molar-refractivity contribution < 1.29 is 8.83 Å². The Morgan fingerprint density at radius 2 is 1.48 bits per heavy atom. The number of para-hydroxylation sites is 2. The molecule has 0 aliphatic carbocycles. The fourth-order valence-electron chi connectivity index (χ4n) is 2.64. The minimum absolute atomic E-state index is 0.354. The molecule has 4 heterocycles. The van der Waals surface area contributed by atoms with Gasteiger partial charge in [0.25, 0.3) is 5.96 Å². The Balaban J connectivity index is 1.63. The average molecular weight is 329 g/mol. The lowest BCUT2D eigenvalue weighted by molar-refractivity contribution is 0.573. The minimum atomic E-state index is 0.354. The van der Waals surface area contributed by atoms with Gasteiger partial charge in [-0.2, -0.15) is 4.99 Å². The number of nitrogens with zero attached hydrogens (tertiary/aromatic N) is 4. The lowest BCUT2D eigenvalue weighted by atomic mass is 10.2. The van der Waals surface area contributed by atoms with E-state index >= 15 is 0 Å². The van der Waals surface area contributed by atoms with E-state index in [2.05, 4.69) is 24.9 Å². The Morgan fingerprint density at radius 1 is 0.800 bits per heavy atom. The van der Waals surface area contributed by atoms with Crippen molar-refractivity contribution in [3.8, 4) is 22.9 Å². The number of benzene rings is 1. The molecule has 1 N–H and O–H groups in total. The summed E-state index contributed by atoms with van der Waals surface area (Å²) in [6, 6.07) is 14.9. The van der Waals surface area contributed by atoms with Crippen LogP contribution in [0.3, 0.4) is 0 Å². The minimum Gasteiger partial charge on any atom is -0.463 e. The van der Waals surface area contributed by atoms with Crippen molar-refractivity contribution in [1.29, 1.82) is 0 Å². The van der Waals surface area contributed by atoms with Crippen molar-refractivity contribution in [3.05, 3.63) is 71.8 Å². The predicted molar refractivity (Wildman–Crippen MR) is 89.8 cm³/mol. The molecule has 0 saturated carbocycles. The molecule has 1 aliphatic rings. The summed E-state index contributed by atoms with van der Waals surface area (Å²) < 4.78 is 11.0. The van der Waals surface area contributed by atoms with Crippen LogP contribution < -0.4 is 10.7 Å². The third kappa shape index (κ3) is 2.38. The maximum Gasteiger partial charge on any atom is 0.253 e. The van der Waals surface area contributed by atoms with Gasteiger partial charge in [0.2, 0.25) is 5.95 Å². The van der Waals surface area contributed by atoms with E-state index in [0.717, 1.165) is 10.7 Å². The Hall–Kier alpha value is -3.74. The van der Waals surface area contributed by atoms with Gasteiger partial charge >= 0.3 is 0 Å². The maximum absolute atomic E-state index is 5.48. The molecule has 7 nitrogen and oxygen atoms in total. The molecule has 0 saturated heterocycles. The highest BCUT2D eigenvalue weighted by Crippen LogP contribution is 2.32. The van der Waals surface area contributed by atoms with Crippen LogP contribution in [0.5, 0.6) is 0 Å². The Bertz CT molecular complexity index is 1100. The summed E-state index contributed by atoms with van der Waals surface area (Å²) in [5.41, 5.74) is 1.31. The van der Waals surface area contributed by atoms with E-state index in [0.29, 0.717) is 34.8 Å². The third-order valence-electron chi connectivity index (χ3n) is 3.74. The highest BCUT2D eigenvalue weighted by Gasteiger charge is 2.18. The number of aromatic nitrogens is 2. The smallest absolute Gasteiger partial charge is 0.253 e. The normalized spacial score (nSPS) is 12.6. The summed E-state index contributed by atoms with van der Waals surface area (Å²) in [4.78, 5) is 20.9. The lowest BCUT2D eigenvalue weighted by Crippen LogP contribution is -2.19. The molecule has 0 fully saturated rings. The maximum atomic E-state index is 5.48. The van der Waals surface area contributed by atoms with Crippen LogP contribution in [0.15, 0.2) is 84.9 Å². The fraction of sp³-hybridized carbons (Fsp3) is 0. The summed E-state index contributed by atoms with van der Waals surface area (Å²) in [6.07, 6.45) is 3.20. The molecule has 4 aromatic rings. The lowest BCUT2D eigenvalue weighted by Gasteiger charge is -1.95. The molecule has 0 spiro atoms. The molecule has 0 bridgehead atoms. The first-order valence-electron chi connectivity index (χ1n) is 7.66. The second-order valence-corrected chi connectivity index (χ2v) is 5.36. The van der Waals surface area contributed by atoms with Gasteiger partial charge in [-0.3, -0.25) is 0 Å². The number of aliphatic imine (C=N–C) groups is 1. The second kappa shape index (κ2) is 5.41. The number of hydrogen-bond acceptors (Lipinski definition) is 4. The number of nitrogens with one attached hydrogen (secondary N) is 1. The molecular weight excluding hydrogens is 318 g/mol. The van der Waals surface area contributed by atoms with E-state index in [1.807, 2.05) is 42.5 Å². The molecule has 25 heavy (non-hydrogen) atoms. The number of imidazole rings is 1. The van der Waals surface area contributed by atoms with Crippen molar-refractivity contribution >= 4 is 11.9 Å². The number of fused-ring (bicyclic) bond motifs is 1. The molecule has 5 rings (SSSR count). The Morgan fingerprint density at radius 3 is 2.12 bits per heavy atom. The number of rotatable bonds is 3. The first kappa shape index (κ1) is 13.7. The second-order valence-electron chi connectivity index (χ2n) is 5.36. The number of furan rings is 2. The summed E-state index contributed by atoms with van der Waals surface area (Å²) >= 11 is 0. The summed E-state index contributed by atoms with van der Waals surface area (Å²) in [6.45, 7) is 0. The van der Waals surface area contributed by atoms with E-state index < -0.39 is 0 Å². The van der Waals surface area contributed by atoms with Gasteiger partial charge in [0, 0.05) is 0 Å². The molecule has 1 aromatic carbocycles. The third-order valence-corrected chi connectivity index (χ3v) is 3.74. The van der Waals surface area contributed by atoms with Crippen LogP contribution in [0.4, 0.5) is 5.95 Å². The van der Waals surface area contributed by atoms with Gasteiger partial charge in [-0.1, -0.05) is 12.1 Å². The first-order chi connectivity index (χ1) is 12.4. The average Bonchev–Trinajstić information content (AvgIpc) is 3.39. The number of guanidine groups is 1. The Labute approximate surface area is 141 Å². The monoisotopic (exact) mass is 329 g/mol. The summed E-state index contributed by atoms with van der Waals surface area (Å²) in [5.74, 6) is 2.01. The van der Waals surface area contributed by atoms with Gasteiger partial charge in [0.15, 0.2) is 11.5 Å². The summed E-state index contributed by atoms with van der Waals surface area (Å²) in [7, 11) is 0. The van der Waals surface area contributed by atoms with Gasteiger partial charge in [-0.15, -0.1) is 0 Å². The molecule has 120 valence electrons. The van der Waals surface area contributed by atoms with Gasteiger partial charge in [0.05, 0.1) is 23.2 Å². The van der Waals surface area contributed by atoms with Crippen LogP contribution in [-0.2, 0) is 0 Å².